The van der Waals surface area contributed by atoms with Gasteiger partial charge in [-0.1, -0.05) is 63.1 Å². The Kier molecular flexibility index (Phi) is 11.0. The van der Waals surface area contributed by atoms with Crippen LogP contribution in [0.1, 0.15) is 51.2 Å². The minimum Gasteiger partial charge on any atom is -0.483 e. The molecule has 5 nitrogen and oxygen atoms in total. The Balaban J connectivity index is 2.21. The van der Waals surface area contributed by atoms with Gasteiger partial charge in [-0.15, -0.1) is 0 Å². The van der Waals surface area contributed by atoms with E-state index in [1.54, 1.807) is 11.0 Å². The van der Waals surface area contributed by atoms with Crippen molar-refractivity contribution < 1.29 is 14.3 Å². The van der Waals surface area contributed by atoms with Crippen LogP contribution in [0.4, 0.5) is 0 Å². The fraction of sp³-hybridized carbons (Fsp3) is 0.440. The van der Waals surface area contributed by atoms with Crippen LogP contribution < -0.4 is 10.1 Å². The average Bonchev–Trinajstić information content (AvgIpc) is 2.79. The zero-order chi connectivity index (χ0) is 23.5. The number of carbonyl (C=O) groups excluding carboxylic acids is 2. The molecule has 2 aromatic rings. The molecule has 0 bridgehead atoms. The highest BCUT2D eigenvalue weighted by Gasteiger charge is 2.29. The summed E-state index contributed by atoms with van der Waals surface area (Å²) in [6.07, 6.45) is 3.28. The number of carbonyl (C=O) groups is 2. The van der Waals surface area contributed by atoms with Crippen molar-refractivity contribution in [2.45, 2.75) is 59.0 Å². The first-order chi connectivity index (χ1) is 15.4. The zero-order valence-electron chi connectivity index (χ0n) is 19.0. The SMILES string of the molecule is CCCCNC(=O)[C@@H](CC)N(Cc1ccccc1Cl)C(=O)COc1ccc(CC)cc1Br. The molecule has 32 heavy (non-hydrogen) atoms. The van der Waals surface area contributed by atoms with E-state index in [-0.39, 0.29) is 25.0 Å². The molecule has 0 aliphatic rings. The normalized spacial score (nSPS) is 11.7. The lowest BCUT2D eigenvalue weighted by atomic mass is 10.1. The van der Waals surface area contributed by atoms with Gasteiger partial charge in [-0.2, -0.15) is 0 Å². The molecule has 0 saturated carbocycles. The van der Waals surface area contributed by atoms with Gasteiger partial charge in [-0.05, 0) is 64.5 Å². The summed E-state index contributed by atoms with van der Waals surface area (Å²) >= 11 is 9.86. The summed E-state index contributed by atoms with van der Waals surface area (Å²) in [6, 6.07) is 12.6. The van der Waals surface area contributed by atoms with E-state index in [4.69, 9.17) is 16.3 Å². The van der Waals surface area contributed by atoms with Gasteiger partial charge in [0.15, 0.2) is 6.61 Å². The number of halogens is 2. The highest BCUT2D eigenvalue weighted by Crippen LogP contribution is 2.27. The molecule has 2 aromatic carbocycles. The average molecular weight is 524 g/mol. The Labute approximate surface area is 204 Å². The third-order valence-electron chi connectivity index (χ3n) is 5.27. The van der Waals surface area contributed by atoms with Crippen LogP contribution in [0.3, 0.4) is 0 Å². The summed E-state index contributed by atoms with van der Waals surface area (Å²) in [7, 11) is 0. The molecule has 174 valence electrons. The van der Waals surface area contributed by atoms with Crippen LogP contribution in [0.2, 0.25) is 5.02 Å². The number of nitrogens with one attached hydrogen (secondary N) is 1. The molecule has 0 aliphatic carbocycles. The Bertz CT molecular complexity index is 907. The fourth-order valence-corrected chi connectivity index (χ4v) is 4.08. The molecule has 0 aliphatic heterocycles. The third kappa shape index (κ3) is 7.52. The minimum atomic E-state index is -0.606. The molecule has 0 spiro atoms. The lowest BCUT2D eigenvalue weighted by Crippen LogP contribution is -2.50. The number of benzene rings is 2. The zero-order valence-corrected chi connectivity index (χ0v) is 21.3. The van der Waals surface area contributed by atoms with Gasteiger partial charge >= 0.3 is 0 Å². The highest BCUT2D eigenvalue weighted by atomic mass is 79.9. The van der Waals surface area contributed by atoms with Gasteiger partial charge < -0.3 is 15.0 Å². The second-order valence-corrected chi connectivity index (χ2v) is 8.85. The van der Waals surface area contributed by atoms with Crippen molar-refractivity contribution in [1.82, 2.24) is 10.2 Å². The van der Waals surface area contributed by atoms with Crippen molar-refractivity contribution in [3.8, 4) is 5.75 Å². The standard InChI is InChI=1S/C25H32BrClN2O3/c1-4-7-14-28-25(31)22(6-3)29(16-19-10-8-9-11-21(19)27)24(30)17-32-23-13-12-18(5-2)15-20(23)26/h8-13,15,22H,4-7,14,16-17H2,1-3H3,(H,28,31)/t22-/m1/s1. The Morgan fingerprint density at radius 3 is 2.53 bits per heavy atom. The molecular formula is C25H32BrClN2O3. The lowest BCUT2D eigenvalue weighted by Gasteiger charge is -2.31. The van der Waals surface area contributed by atoms with Crippen molar-refractivity contribution in [2.75, 3.05) is 13.2 Å². The van der Waals surface area contributed by atoms with Gasteiger partial charge in [0.25, 0.3) is 5.91 Å². The van der Waals surface area contributed by atoms with Crippen molar-refractivity contribution >= 4 is 39.3 Å². The van der Waals surface area contributed by atoms with E-state index in [0.29, 0.717) is 23.7 Å². The van der Waals surface area contributed by atoms with E-state index >= 15 is 0 Å². The largest absolute Gasteiger partial charge is 0.483 e. The monoisotopic (exact) mass is 522 g/mol. The third-order valence-corrected chi connectivity index (χ3v) is 6.26. The molecule has 0 unspecified atom stereocenters. The number of hydrogen-bond acceptors (Lipinski definition) is 3. The molecule has 0 radical (unpaired) electrons. The molecular weight excluding hydrogens is 492 g/mol. The van der Waals surface area contributed by atoms with Crippen molar-refractivity contribution in [3.63, 3.8) is 0 Å². The van der Waals surface area contributed by atoms with Crippen LogP contribution in [0.15, 0.2) is 46.9 Å². The topological polar surface area (TPSA) is 58.6 Å². The van der Waals surface area contributed by atoms with Gasteiger partial charge in [-0.3, -0.25) is 9.59 Å². The van der Waals surface area contributed by atoms with Crippen LogP contribution in [0, 0.1) is 0 Å². The molecule has 2 amide bonds. The smallest absolute Gasteiger partial charge is 0.261 e. The van der Waals surface area contributed by atoms with E-state index in [1.165, 1.54) is 5.56 Å². The first-order valence-electron chi connectivity index (χ1n) is 11.1. The van der Waals surface area contributed by atoms with Crippen LogP contribution in [-0.2, 0) is 22.6 Å². The van der Waals surface area contributed by atoms with Crippen LogP contribution in [-0.4, -0.2) is 35.9 Å². The summed E-state index contributed by atoms with van der Waals surface area (Å²) in [5, 5.41) is 3.51. The van der Waals surface area contributed by atoms with Gasteiger partial charge in [0, 0.05) is 18.1 Å². The molecule has 7 heteroatoms. The molecule has 0 heterocycles. The van der Waals surface area contributed by atoms with Gasteiger partial charge in [0.1, 0.15) is 11.8 Å². The second kappa shape index (κ2) is 13.5. The van der Waals surface area contributed by atoms with Crippen LogP contribution in [0.25, 0.3) is 0 Å². The van der Waals surface area contributed by atoms with Gasteiger partial charge in [-0.25, -0.2) is 0 Å². The maximum Gasteiger partial charge on any atom is 0.261 e. The van der Waals surface area contributed by atoms with Crippen LogP contribution in [0.5, 0.6) is 5.75 Å². The molecule has 1 atom stereocenters. The van der Waals surface area contributed by atoms with Crippen LogP contribution >= 0.6 is 27.5 Å². The van der Waals surface area contributed by atoms with E-state index in [2.05, 4.69) is 35.1 Å². The lowest BCUT2D eigenvalue weighted by molar-refractivity contribution is -0.143. The first kappa shape index (κ1) is 26.2. The van der Waals surface area contributed by atoms with Crippen molar-refractivity contribution in [1.29, 1.82) is 0 Å². The summed E-state index contributed by atoms with van der Waals surface area (Å²) < 4.78 is 6.61. The molecule has 0 aromatic heterocycles. The second-order valence-electron chi connectivity index (χ2n) is 7.59. The number of nitrogens with zero attached hydrogens (tertiary/aromatic N) is 1. The maximum atomic E-state index is 13.3. The van der Waals surface area contributed by atoms with E-state index in [0.717, 1.165) is 29.3 Å². The Morgan fingerprint density at radius 1 is 1.16 bits per heavy atom. The number of hydrogen-bond donors (Lipinski definition) is 1. The van der Waals surface area contributed by atoms with Crippen molar-refractivity contribution in [2.24, 2.45) is 0 Å². The molecule has 1 N–H and O–H groups in total. The number of unbranched alkanes of at least 4 members (excludes halogenated alkanes) is 1. The first-order valence-corrected chi connectivity index (χ1v) is 12.3. The number of amides is 2. The number of aryl methyl sites for hydroxylation is 1. The Hall–Kier alpha value is -2.05. The number of rotatable bonds is 12. The van der Waals surface area contributed by atoms with E-state index < -0.39 is 6.04 Å². The predicted octanol–water partition coefficient (Wildman–Crippen LogP) is 5.77. The van der Waals surface area contributed by atoms with Gasteiger partial charge in [0.05, 0.1) is 4.47 Å². The van der Waals surface area contributed by atoms with Crippen molar-refractivity contribution in [3.05, 3.63) is 63.1 Å². The van der Waals surface area contributed by atoms with Gasteiger partial charge in [0.2, 0.25) is 5.91 Å². The number of ether oxygens (including phenoxy) is 1. The quantitative estimate of drug-likeness (QED) is 0.359. The predicted molar refractivity (Wildman–Crippen MR) is 133 cm³/mol. The molecule has 0 saturated heterocycles. The molecule has 2 rings (SSSR count). The minimum absolute atomic E-state index is 0.158. The summed E-state index contributed by atoms with van der Waals surface area (Å²) in [5.41, 5.74) is 1.96. The highest BCUT2D eigenvalue weighted by molar-refractivity contribution is 9.10. The van der Waals surface area contributed by atoms with E-state index in [9.17, 15) is 9.59 Å². The Morgan fingerprint density at radius 2 is 1.91 bits per heavy atom. The van der Waals surface area contributed by atoms with E-state index in [1.807, 2.05) is 43.3 Å². The molecule has 0 fully saturated rings. The fourth-order valence-electron chi connectivity index (χ4n) is 3.34. The summed E-state index contributed by atoms with van der Waals surface area (Å²) in [4.78, 5) is 27.7. The maximum absolute atomic E-state index is 13.3. The summed E-state index contributed by atoms with van der Waals surface area (Å²) in [5.74, 6) is 0.164. The summed E-state index contributed by atoms with van der Waals surface area (Å²) in [6.45, 7) is 6.70.